The molecule has 0 aliphatic carbocycles. The van der Waals surface area contributed by atoms with E-state index in [4.69, 9.17) is 0 Å². The fourth-order valence-electron chi connectivity index (χ4n) is 2.38. The quantitative estimate of drug-likeness (QED) is 0.824. The van der Waals surface area contributed by atoms with E-state index in [1.54, 1.807) is 6.07 Å². The number of hydrogen-bond donors (Lipinski definition) is 2. The Kier molecular flexibility index (Phi) is 5.72. The van der Waals surface area contributed by atoms with Crippen LogP contribution in [0.3, 0.4) is 0 Å². The first kappa shape index (κ1) is 16.2. The van der Waals surface area contributed by atoms with Crippen molar-refractivity contribution in [3.05, 3.63) is 41.7 Å². The molecule has 1 heterocycles. The molecule has 0 saturated carbocycles. The summed E-state index contributed by atoms with van der Waals surface area (Å²) in [5.41, 5.74) is 3.47. The van der Waals surface area contributed by atoms with Gasteiger partial charge >= 0.3 is 0 Å². The van der Waals surface area contributed by atoms with Gasteiger partial charge in [0.05, 0.1) is 5.69 Å². The number of rotatable bonds is 7. The van der Waals surface area contributed by atoms with E-state index in [0.717, 1.165) is 36.5 Å². The van der Waals surface area contributed by atoms with Crippen LogP contribution >= 0.6 is 0 Å². The predicted octanol–water partition coefficient (Wildman–Crippen LogP) is 2.26. The fraction of sp³-hybridized carbons (Fsp3) is 0.412. The molecule has 2 N–H and O–H groups in total. The largest absolute Gasteiger partial charge is 0.351 e. The predicted molar refractivity (Wildman–Crippen MR) is 87.7 cm³/mol. The van der Waals surface area contributed by atoms with Gasteiger partial charge < -0.3 is 10.2 Å². The molecule has 0 fully saturated rings. The molecule has 1 aromatic carbocycles. The Balaban J connectivity index is 2.00. The molecule has 117 valence electrons. The van der Waals surface area contributed by atoms with E-state index in [0.29, 0.717) is 12.1 Å². The highest BCUT2D eigenvalue weighted by Crippen LogP contribution is 2.22. The van der Waals surface area contributed by atoms with Crippen molar-refractivity contribution in [2.45, 2.75) is 20.8 Å². The van der Waals surface area contributed by atoms with Crippen LogP contribution in [0.15, 0.2) is 24.4 Å². The van der Waals surface area contributed by atoms with Crippen molar-refractivity contribution in [2.75, 3.05) is 26.2 Å². The Morgan fingerprint density at radius 3 is 2.77 bits per heavy atom. The van der Waals surface area contributed by atoms with Crippen molar-refractivity contribution in [3.8, 4) is 11.1 Å². The molecule has 5 heteroatoms. The van der Waals surface area contributed by atoms with Crippen LogP contribution in [0.2, 0.25) is 0 Å². The summed E-state index contributed by atoms with van der Waals surface area (Å²) >= 11 is 0. The number of aromatic amines is 1. The third-order valence-corrected chi connectivity index (χ3v) is 3.80. The van der Waals surface area contributed by atoms with Crippen molar-refractivity contribution < 1.29 is 4.79 Å². The van der Waals surface area contributed by atoms with Crippen LogP contribution in [0.25, 0.3) is 11.1 Å². The average Bonchev–Trinajstić information content (AvgIpc) is 2.97. The summed E-state index contributed by atoms with van der Waals surface area (Å²) < 4.78 is 0. The Labute approximate surface area is 131 Å². The zero-order valence-electron chi connectivity index (χ0n) is 13.4. The minimum atomic E-state index is -0.0635. The molecule has 5 nitrogen and oxygen atoms in total. The fourth-order valence-corrected chi connectivity index (χ4v) is 2.38. The van der Waals surface area contributed by atoms with E-state index >= 15 is 0 Å². The lowest BCUT2D eigenvalue weighted by Crippen LogP contribution is -2.34. The molecule has 22 heavy (non-hydrogen) atoms. The summed E-state index contributed by atoms with van der Waals surface area (Å²) in [6.45, 7) is 9.68. The molecule has 0 spiro atoms. The summed E-state index contributed by atoms with van der Waals surface area (Å²) in [7, 11) is 0. The maximum atomic E-state index is 12.2. The van der Waals surface area contributed by atoms with Gasteiger partial charge in [0, 0.05) is 30.4 Å². The van der Waals surface area contributed by atoms with E-state index in [-0.39, 0.29) is 5.91 Å². The number of carbonyl (C=O) groups excluding carboxylic acids is 1. The molecule has 0 bridgehead atoms. The zero-order valence-corrected chi connectivity index (χ0v) is 13.4. The number of nitrogens with one attached hydrogen (secondary N) is 2. The molecule has 0 unspecified atom stereocenters. The first-order chi connectivity index (χ1) is 10.7. The van der Waals surface area contributed by atoms with E-state index in [2.05, 4.69) is 40.3 Å². The zero-order chi connectivity index (χ0) is 15.9. The third-order valence-electron chi connectivity index (χ3n) is 3.80. The van der Waals surface area contributed by atoms with Crippen LogP contribution in [0, 0.1) is 13.0 Å². The number of aromatic nitrogens is 2. The Bertz CT molecular complexity index is 617. The van der Waals surface area contributed by atoms with Gasteiger partial charge in [-0.2, -0.15) is 5.10 Å². The van der Waals surface area contributed by atoms with Gasteiger partial charge in [-0.25, -0.2) is 0 Å². The van der Waals surface area contributed by atoms with Crippen LogP contribution in [0.5, 0.6) is 0 Å². The monoisotopic (exact) mass is 299 g/mol. The molecular formula is C17H23N4O. The highest BCUT2D eigenvalue weighted by atomic mass is 16.1. The minimum Gasteiger partial charge on any atom is -0.351 e. The lowest BCUT2D eigenvalue weighted by molar-refractivity contribution is 0.0949. The van der Waals surface area contributed by atoms with Crippen LogP contribution in [-0.4, -0.2) is 47.2 Å². The van der Waals surface area contributed by atoms with Gasteiger partial charge in [0.15, 0.2) is 0 Å². The Hall–Kier alpha value is -2.14. The molecular weight excluding hydrogens is 276 g/mol. The van der Waals surface area contributed by atoms with E-state index < -0.39 is 0 Å². The molecule has 1 radical (unpaired) electrons. The lowest BCUT2D eigenvalue weighted by Gasteiger charge is -2.18. The summed E-state index contributed by atoms with van der Waals surface area (Å²) in [5.74, 6) is -0.0635. The van der Waals surface area contributed by atoms with Gasteiger partial charge in [-0.15, -0.1) is 0 Å². The van der Waals surface area contributed by atoms with Crippen molar-refractivity contribution in [2.24, 2.45) is 0 Å². The number of likely N-dealkylation sites (N-methyl/N-ethyl adjacent to an activating group) is 1. The van der Waals surface area contributed by atoms with Gasteiger partial charge in [-0.1, -0.05) is 13.8 Å². The van der Waals surface area contributed by atoms with Crippen molar-refractivity contribution >= 4 is 5.91 Å². The maximum Gasteiger partial charge on any atom is 0.251 e. The Morgan fingerprint density at radius 2 is 2.14 bits per heavy atom. The van der Waals surface area contributed by atoms with Gasteiger partial charge in [0.2, 0.25) is 0 Å². The van der Waals surface area contributed by atoms with Crippen molar-refractivity contribution in [1.82, 2.24) is 20.4 Å². The second-order valence-corrected chi connectivity index (χ2v) is 5.18. The summed E-state index contributed by atoms with van der Waals surface area (Å²) in [6.07, 6.45) is 1.83. The number of benzene rings is 1. The first-order valence-corrected chi connectivity index (χ1v) is 7.68. The number of carbonyl (C=O) groups is 1. The SMILES string of the molecule is CCN(CC)CCNC(=O)c1c[c]cc(-c2c[nH]nc2C)c1. The maximum absolute atomic E-state index is 12.2. The van der Waals surface area contributed by atoms with Crippen LogP contribution in [-0.2, 0) is 0 Å². The lowest BCUT2D eigenvalue weighted by atomic mass is 10.0. The number of H-pyrrole nitrogens is 1. The number of amides is 1. The standard InChI is InChI=1S/C17H23N4O/c1-4-21(5-2)10-9-18-17(22)15-8-6-7-14(11-15)16-12-19-20-13(16)3/h7-8,11-12H,4-5,9-10H2,1-3H3,(H,18,22)(H,19,20). The molecule has 1 aromatic heterocycles. The molecule has 2 rings (SSSR count). The van der Waals surface area contributed by atoms with E-state index in [1.165, 1.54) is 0 Å². The Morgan fingerprint density at radius 1 is 1.36 bits per heavy atom. The molecule has 0 saturated heterocycles. The van der Waals surface area contributed by atoms with E-state index in [9.17, 15) is 4.79 Å². The van der Waals surface area contributed by atoms with Gasteiger partial charge in [0.1, 0.15) is 0 Å². The van der Waals surface area contributed by atoms with Crippen LogP contribution in [0.4, 0.5) is 0 Å². The molecule has 0 aliphatic heterocycles. The average molecular weight is 299 g/mol. The first-order valence-electron chi connectivity index (χ1n) is 7.68. The molecule has 2 aromatic rings. The van der Waals surface area contributed by atoms with Crippen LogP contribution < -0.4 is 5.32 Å². The summed E-state index contributed by atoms with van der Waals surface area (Å²) in [6, 6.07) is 8.49. The molecule has 1 amide bonds. The molecule has 0 aliphatic rings. The second kappa shape index (κ2) is 7.75. The van der Waals surface area contributed by atoms with Crippen molar-refractivity contribution in [3.63, 3.8) is 0 Å². The van der Waals surface area contributed by atoms with Crippen LogP contribution in [0.1, 0.15) is 29.9 Å². The van der Waals surface area contributed by atoms with E-state index in [1.807, 2.05) is 25.3 Å². The highest BCUT2D eigenvalue weighted by molar-refractivity contribution is 5.95. The normalized spacial score (nSPS) is 10.9. The summed E-state index contributed by atoms with van der Waals surface area (Å²) in [4.78, 5) is 14.5. The second-order valence-electron chi connectivity index (χ2n) is 5.18. The van der Waals surface area contributed by atoms with Crippen molar-refractivity contribution in [1.29, 1.82) is 0 Å². The highest BCUT2D eigenvalue weighted by Gasteiger charge is 2.09. The van der Waals surface area contributed by atoms with Gasteiger partial charge in [-0.05, 0) is 49.8 Å². The number of hydrogen-bond acceptors (Lipinski definition) is 3. The van der Waals surface area contributed by atoms with Gasteiger partial charge in [-0.3, -0.25) is 9.89 Å². The van der Waals surface area contributed by atoms with Gasteiger partial charge in [0.25, 0.3) is 5.91 Å². The number of nitrogens with zero attached hydrogens (tertiary/aromatic N) is 2. The molecule has 0 atom stereocenters. The topological polar surface area (TPSA) is 61.0 Å². The number of aryl methyl sites for hydroxylation is 1. The summed E-state index contributed by atoms with van der Waals surface area (Å²) in [5, 5.41) is 9.91. The smallest absolute Gasteiger partial charge is 0.251 e. The third kappa shape index (κ3) is 3.95. The minimum absolute atomic E-state index is 0.0635.